The van der Waals surface area contributed by atoms with Crippen molar-refractivity contribution in [2.45, 2.75) is 63.6 Å². The van der Waals surface area contributed by atoms with Crippen molar-refractivity contribution in [3.63, 3.8) is 0 Å². The van der Waals surface area contributed by atoms with Gasteiger partial charge in [0.15, 0.2) is 0 Å². The number of ether oxygens (including phenoxy) is 1. The predicted octanol–water partition coefficient (Wildman–Crippen LogP) is 3.26. The molecular formula is C18H27NO2. The lowest BCUT2D eigenvalue weighted by molar-refractivity contribution is 0.0513. The van der Waals surface area contributed by atoms with Crippen LogP contribution >= 0.6 is 0 Å². The van der Waals surface area contributed by atoms with E-state index in [1.54, 1.807) is 12.1 Å². The highest BCUT2D eigenvalue weighted by atomic mass is 16.5. The van der Waals surface area contributed by atoms with E-state index in [1.807, 2.05) is 12.1 Å². The van der Waals surface area contributed by atoms with Gasteiger partial charge in [-0.05, 0) is 63.1 Å². The first kappa shape index (κ1) is 14.9. The van der Waals surface area contributed by atoms with Crippen molar-refractivity contribution in [2.75, 3.05) is 6.61 Å². The third-order valence-electron chi connectivity index (χ3n) is 5.08. The molecule has 4 atom stereocenters. The van der Waals surface area contributed by atoms with Crippen molar-refractivity contribution in [1.82, 2.24) is 5.32 Å². The number of rotatable bonds is 5. The molecule has 1 saturated carbocycles. The molecule has 0 bridgehead atoms. The zero-order valence-corrected chi connectivity index (χ0v) is 12.9. The highest BCUT2D eigenvalue weighted by molar-refractivity contribution is 5.25. The van der Waals surface area contributed by atoms with E-state index in [-0.39, 0.29) is 0 Å². The molecule has 0 radical (unpaired) electrons. The lowest BCUT2D eigenvalue weighted by atomic mass is 9.81. The summed E-state index contributed by atoms with van der Waals surface area (Å²) in [5, 5.41) is 13.2. The Hall–Kier alpha value is -1.06. The van der Waals surface area contributed by atoms with Crippen LogP contribution in [0.2, 0.25) is 0 Å². The van der Waals surface area contributed by atoms with Crippen LogP contribution in [0.4, 0.5) is 0 Å². The van der Waals surface area contributed by atoms with Crippen molar-refractivity contribution in [3.8, 4) is 5.75 Å². The Morgan fingerprint density at radius 2 is 2.05 bits per heavy atom. The van der Waals surface area contributed by atoms with E-state index >= 15 is 0 Å². The topological polar surface area (TPSA) is 41.5 Å². The van der Waals surface area contributed by atoms with Gasteiger partial charge >= 0.3 is 0 Å². The summed E-state index contributed by atoms with van der Waals surface area (Å²) >= 11 is 0. The van der Waals surface area contributed by atoms with Crippen LogP contribution in [-0.2, 0) is 11.2 Å². The van der Waals surface area contributed by atoms with Crippen molar-refractivity contribution < 1.29 is 9.84 Å². The average Bonchev–Trinajstić information content (AvgIpc) is 2.96. The van der Waals surface area contributed by atoms with Gasteiger partial charge in [-0.25, -0.2) is 0 Å². The molecule has 1 aliphatic heterocycles. The number of benzene rings is 1. The van der Waals surface area contributed by atoms with E-state index in [4.69, 9.17) is 4.74 Å². The molecule has 2 aliphatic rings. The van der Waals surface area contributed by atoms with Gasteiger partial charge in [0.25, 0.3) is 0 Å². The average molecular weight is 289 g/mol. The molecule has 1 aromatic carbocycles. The lowest BCUT2D eigenvalue weighted by Crippen LogP contribution is -2.46. The van der Waals surface area contributed by atoms with E-state index in [9.17, 15) is 5.11 Å². The van der Waals surface area contributed by atoms with Gasteiger partial charge in [-0.1, -0.05) is 12.1 Å². The molecule has 0 amide bonds. The number of phenolic OH excluding ortho intramolecular Hbond substituents is 1. The van der Waals surface area contributed by atoms with Crippen LogP contribution in [0.3, 0.4) is 0 Å². The third kappa shape index (κ3) is 3.78. The minimum atomic E-state index is 0.347. The normalized spacial score (nSPS) is 30.0. The van der Waals surface area contributed by atoms with E-state index in [2.05, 4.69) is 12.2 Å². The van der Waals surface area contributed by atoms with Gasteiger partial charge < -0.3 is 15.2 Å². The fourth-order valence-electron chi connectivity index (χ4n) is 3.88. The molecule has 3 nitrogen and oxygen atoms in total. The van der Waals surface area contributed by atoms with E-state index in [0.29, 0.717) is 23.9 Å². The molecule has 3 rings (SSSR count). The summed E-state index contributed by atoms with van der Waals surface area (Å²) in [7, 11) is 0. The number of fused-ring (bicyclic) bond motifs is 1. The molecule has 21 heavy (non-hydrogen) atoms. The van der Waals surface area contributed by atoms with Crippen LogP contribution in [0.25, 0.3) is 0 Å². The molecule has 1 aliphatic carbocycles. The summed E-state index contributed by atoms with van der Waals surface area (Å²) in [6.45, 7) is 3.25. The van der Waals surface area contributed by atoms with Crippen LogP contribution in [0.15, 0.2) is 24.3 Å². The summed E-state index contributed by atoms with van der Waals surface area (Å²) < 4.78 is 5.85. The largest absolute Gasteiger partial charge is 0.508 e. The molecular weight excluding hydrogens is 262 g/mol. The number of aryl methyl sites for hydroxylation is 1. The van der Waals surface area contributed by atoms with Crippen molar-refractivity contribution in [2.24, 2.45) is 5.92 Å². The Morgan fingerprint density at radius 3 is 2.86 bits per heavy atom. The number of phenols is 1. The zero-order valence-electron chi connectivity index (χ0n) is 12.9. The highest BCUT2D eigenvalue weighted by Crippen LogP contribution is 2.34. The molecule has 2 fully saturated rings. The third-order valence-corrected chi connectivity index (χ3v) is 5.08. The van der Waals surface area contributed by atoms with Crippen LogP contribution in [0, 0.1) is 5.92 Å². The zero-order chi connectivity index (χ0) is 14.7. The molecule has 1 saturated heterocycles. The van der Waals surface area contributed by atoms with Gasteiger partial charge in [-0.15, -0.1) is 0 Å². The van der Waals surface area contributed by atoms with Crippen molar-refractivity contribution >= 4 is 0 Å². The van der Waals surface area contributed by atoms with Gasteiger partial charge in [-0.2, -0.15) is 0 Å². The standard InChI is InChI=1S/C18H27NO2/c1-13(5-6-14-7-9-15(20)10-8-14)19-17-3-2-4-18-16(17)11-12-21-18/h7-10,13,16-20H,2-6,11-12H2,1H3/t13-,16+,17-,18-/m1/s1. The van der Waals surface area contributed by atoms with Crippen molar-refractivity contribution in [3.05, 3.63) is 29.8 Å². The van der Waals surface area contributed by atoms with Crippen LogP contribution in [0.1, 0.15) is 44.6 Å². The second-order valence-corrected chi connectivity index (χ2v) is 6.67. The summed E-state index contributed by atoms with van der Waals surface area (Å²) in [6.07, 6.45) is 7.79. The monoisotopic (exact) mass is 289 g/mol. The molecule has 2 N–H and O–H groups in total. The maximum absolute atomic E-state index is 9.31. The predicted molar refractivity (Wildman–Crippen MR) is 84.5 cm³/mol. The van der Waals surface area contributed by atoms with Crippen LogP contribution in [0.5, 0.6) is 5.75 Å². The molecule has 0 unspecified atom stereocenters. The lowest BCUT2D eigenvalue weighted by Gasteiger charge is -2.35. The first-order chi connectivity index (χ1) is 10.2. The molecule has 3 heteroatoms. The first-order valence-electron chi connectivity index (χ1n) is 8.38. The second-order valence-electron chi connectivity index (χ2n) is 6.67. The Morgan fingerprint density at radius 1 is 1.24 bits per heavy atom. The Balaban J connectivity index is 1.47. The first-order valence-corrected chi connectivity index (χ1v) is 8.38. The quantitative estimate of drug-likeness (QED) is 0.874. The number of nitrogens with one attached hydrogen (secondary N) is 1. The molecule has 1 heterocycles. The fraction of sp³-hybridized carbons (Fsp3) is 0.667. The molecule has 0 spiro atoms. The number of hydrogen-bond donors (Lipinski definition) is 2. The molecule has 1 aromatic rings. The van der Waals surface area contributed by atoms with E-state index in [0.717, 1.165) is 25.4 Å². The van der Waals surface area contributed by atoms with Crippen LogP contribution < -0.4 is 5.32 Å². The maximum Gasteiger partial charge on any atom is 0.115 e. The maximum atomic E-state index is 9.31. The minimum Gasteiger partial charge on any atom is -0.508 e. The Labute approximate surface area is 127 Å². The van der Waals surface area contributed by atoms with Gasteiger partial charge in [0.2, 0.25) is 0 Å². The second kappa shape index (κ2) is 6.80. The minimum absolute atomic E-state index is 0.347. The van der Waals surface area contributed by atoms with Gasteiger partial charge in [0.05, 0.1) is 6.10 Å². The SMILES string of the molecule is C[C@H](CCc1ccc(O)cc1)N[C@@H]1CCC[C@H]2OCC[C@@H]12. The van der Waals surface area contributed by atoms with Gasteiger partial charge in [0, 0.05) is 24.6 Å². The summed E-state index contributed by atoms with van der Waals surface area (Å²) in [5.74, 6) is 1.08. The molecule has 0 aromatic heterocycles. The van der Waals surface area contributed by atoms with Gasteiger partial charge in [-0.3, -0.25) is 0 Å². The Bertz CT molecular complexity index is 445. The van der Waals surface area contributed by atoms with Crippen LogP contribution in [-0.4, -0.2) is 29.9 Å². The highest BCUT2D eigenvalue weighted by Gasteiger charge is 2.37. The Kier molecular flexibility index (Phi) is 4.81. The number of aromatic hydroxyl groups is 1. The van der Waals surface area contributed by atoms with E-state index < -0.39 is 0 Å². The summed E-state index contributed by atoms with van der Waals surface area (Å²) in [5.41, 5.74) is 1.30. The molecule has 116 valence electrons. The number of hydrogen-bond acceptors (Lipinski definition) is 3. The smallest absolute Gasteiger partial charge is 0.115 e. The van der Waals surface area contributed by atoms with Gasteiger partial charge in [0.1, 0.15) is 5.75 Å². The summed E-state index contributed by atoms with van der Waals surface area (Å²) in [4.78, 5) is 0. The summed E-state index contributed by atoms with van der Waals surface area (Å²) in [6, 6.07) is 8.75. The van der Waals surface area contributed by atoms with E-state index in [1.165, 1.54) is 31.2 Å². The fourth-order valence-corrected chi connectivity index (χ4v) is 3.88. The van der Waals surface area contributed by atoms with Crippen molar-refractivity contribution in [1.29, 1.82) is 0 Å².